The highest BCUT2D eigenvalue weighted by Gasteiger charge is 2.53. The van der Waals surface area contributed by atoms with E-state index in [0.29, 0.717) is 6.42 Å². The van der Waals surface area contributed by atoms with E-state index in [-0.39, 0.29) is 17.9 Å². The molecule has 0 aromatic rings. The summed E-state index contributed by atoms with van der Waals surface area (Å²) in [7, 11) is 0. The van der Waals surface area contributed by atoms with Gasteiger partial charge in [-0.1, -0.05) is 13.8 Å². The molecule has 0 aromatic carbocycles. The fourth-order valence-corrected chi connectivity index (χ4v) is 4.18. The second kappa shape index (κ2) is 7.41. The third-order valence-corrected chi connectivity index (χ3v) is 5.80. The quantitative estimate of drug-likeness (QED) is 0.426. The molecule has 0 unspecified atom stereocenters. The summed E-state index contributed by atoms with van der Waals surface area (Å²) in [4.78, 5) is 11.4. The largest absolute Gasteiger partial charge is 0.478 e. The molecular weight excluding hydrogens is 348 g/mol. The smallest absolute Gasteiger partial charge is 0.334 e. The lowest BCUT2D eigenvalue weighted by Gasteiger charge is -2.43. The molecule has 0 amide bonds. The molecule has 2 aliphatic heterocycles. The second-order valence-corrected chi connectivity index (χ2v) is 7.29. The van der Waals surface area contributed by atoms with Gasteiger partial charge in [-0.25, -0.2) is 4.79 Å². The molecule has 9 nitrogen and oxygen atoms in total. The maximum absolute atomic E-state index is 11.4. The van der Waals surface area contributed by atoms with Gasteiger partial charge in [0.25, 0.3) is 0 Å². The molecule has 2 fully saturated rings. The van der Waals surface area contributed by atoms with Crippen LogP contribution < -0.4 is 0 Å². The average molecular weight is 374 g/mol. The van der Waals surface area contributed by atoms with Crippen molar-refractivity contribution in [3.05, 3.63) is 11.8 Å². The summed E-state index contributed by atoms with van der Waals surface area (Å²) in [6, 6.07) is 0. The summed E-state index contributed by atoms with van der Waals surface area (Å²) in [6.07, 6.45) is -5.97. The van der Waals surface area contributed by atoms with Crippen LogP contribution in [0.4, 0.5) is 0 Å². The Kier molecular flexibility index (Phi) is 5.57. The molecule has 0 bridgehead atoms. The van der Waals surface area contributed by atoms with Gasteiger partial charge in [0.05, 0.1) is 24.0 Å². The van der Waals surface area contributed by atoms with E-state index < -0.39 is 60.9 Å². The van der Waals surface area contributed by atoms with Crippen LogP contribution in [0, 0.1) is 17.8 Å². The fraction of sp³-hybridized carbons (Fsp3) is 0.824. The number of hydrogen-bond acceptors (Lipinski definition) is 8. The number of carboxylic acid groups (broad SMARTS) is 1. The number of carboxylic acids is 1. The van der Waals surface area contributed by atoms with Crippen LogP contribution in [-0.4, -0.2) is 74.6 Å². The van der Waals surface area contributed by atoms with E-state index in [2.05, 4.69) is 0 Å². The Bertz CT molecular complexity index is 562. The number of rotatable bonds is 4. The van der Waals surface area contributed by atoms with Crippen LogP contribution in [0.25, 0.3) is 0 Å². The monoisotopic (exact) mass is 374 g/mol. The summed E-state index contributed by atoms with van der Waals surface area (Å²) < 4.78 is 16.8. The first-order chi connectivity index (χ1) is 12.3. The number of hydrogen-bond donors (Lipinski definition) is 5. The van der Waals surface area contributed by atoms with Crippen molar-refractivity contribution in [2.75, 3.05) is 0 Å². The Balaban J connectivity index is 1.79. The Labute approximate surface area is 150 Å². The fourth-order valence-electron chi connectivity index (χ4n) is 4.18. The third kappa shape index (κ3) is 3.23. The minimum atomic E-state index is -1.48. The molecule has 9 heteroatoms. The average Bonchev–Trinajstić information content (AvgIpc) is 2.90. The van der Waals surface area contributed by atoms with E-state index in [1.54, 1.807) is 13.8 Å². The van der Waals surface area contributed by atoms with Crippen molar-refractivity contribution in [3.8, 4) is 0 Å². The van der Waals surface area contributed by atoms with Crippen molar-refractivity contribution in [3.63, 3.8) is 0 Å². The normalized spacial score (nSPS) is 48.5. The minimum absolute atomic E-state index is 0.0743. The van der Waals surface area contributed by atoms with Crippen molar-refractivity contribution in [1.82, 2.24) is 0 Å². The van der Waals surface area contributed by atoms with Gasteiger partial charge in [-0.3, -0.25) is 0 Å². The predicted molar refractivity (Wildman–Crippen MR) is 85.4 cm³/mol. The van der Waals surface area contributed by atoms with E-state index in [0.717, 1.165) is 6.26 Å². The van der Waals surface area contributed by atoms with Crippen LogP contribution in [0.15, 0.2) is 11.8 Å². The van der Waals surface area contributed by atoms with Crippen LogP contribution in [0.1, 0.15) is 26.7 Å². The maximum atomic E-state index is 11.4. The van der Waals surface area contributed by atoms with Gasteiger partial charge in [-0.2, -0.15) is 0 Å². The molecule has 10 atom stereocenters. The first-order valence-electron chi connectivity index (χ1n) is 8.88. The Morgan fingerprint density at radius 2 is 1.88 bits per heavy atom. The van der Waals surface area contributed by atoms with Gasteiger partial charge in [-0.15, -0.1) is 0 Å². The molecular formula is C17H26O9. The molecule has 2 heterocycles. The summed E-state index contributed by atoms with van der Waals surface area (Å²) in [5, 5.41) is 49.6. The van der Waals surface area contributed by atoms with Gasteiger partial charge in [0.2, 0.25) is 6.29 Å². The van der Waals surface area contributed by atoms with Crippen LogP contribution in [0.5, 0.6) is 0 Å². The van der Waals surface area contributed by atoms with Crippen molar-refractivity contribution < 1.29 is 44.5 Å². The van der Waals surface area contributed by atoms with Crippen molar-refractivity contribution in [2.45, 2.75) is 69.8 Å². The summed E-state index contributed by atoms with van der Waals surface area (Å²) in [6.45, 7) is 3.55. The van der Waals surface area contributed by atoms with Gasteiger partial charge < -0.3 is 39.7 Å². The molecule has 1 saturated heterocycles. The summed E-state index contributed by atoms with van der Waals surface area (Å²) >= 11 is 0. The van der Waals surface area contributed by atoms with E-state index in [1.165, 1.54) is 0 Å². The van der Waals surface area contributed by atoms with E-state index in [9.17, 15) is 30.3 Å². The Hall–Kier alpha value is -1.23. The van der Waals surface area contributed by atoms with Gasteiger partial charge in [-0.05, 0) is 18.8 Å². The lowest BCUT2D eigenvalue weighted by Crippen LogP contribution is -2.59. The molecule has 3 rings (SSSR count). The second-order valence-electron chi connectivity index (χ2n) is 7.29. The Morgan fingerprint density at radius 1 is 1.19 bits per heavy atom. The zero-order valence-electron chi connectivity index (χ0n) is 14.6. The van der Waals surface area contributed by atoms with Gasteiger partial charge in [0.1, 0.15) is 18.3 Å². The highest BCUT2D eigenvalue weighted by molar-refractivity contribution is 5.87. The SMILES string of the molecule is CC[C@H]1O[C@@H](O[C@@H]2OC=C(C(=O)O)[C@H]3C[C@H](O)[C@H](C)[C@@H]23)[C@H](O)[C@@H](O)[C@@H]1O. The molecule has 5 N–H and O–H groups in total. The minimum Gasteiger partial charge on any atom is -0.478 e. The molecule has 1 saturated carbocycles. The highest BCUT2D eigenvalue weighted by Crippen LogP contribution is 2.47. The molecule has 1 aliphatic carbocycles. The highest BCUT2D eigenvalue weighted by atomic mass is 16.8. The molecule has 0 aromatic heterocycles. The number of aliphatic hydroxyl groups excluding tert-OH is 4. The van der Waals surface area contributed by atoms with Crippen LogP contribution in [0.3, 0.4) is 0 Å². The standard InChI is InChI=1S/C17H26O9/c1-3-10-12(19)13(20)14(21)17(25-10)26-16-11-6(2)9(18)4-7(11)8(5-24-16)15(22)23/h5-7,9-14,16-21H,3-4H2,1-2H3,(H,22,23)/t6-,7+,9-,10+,11+,12+,13-,14+,16-,17-/m0/s1. The predicted octanol–water partition coefficient (Wildman–Crippen LogP) is -0.821. The molecule has 0 radical (unpaired) electrons. The maximum Gasteiger partial charge on any atom is 0.334 e. The van der Waals surface area contributed by atoms with E-state index >= 15 is 0 Å². The summed E-state index contributed by atoms with van der Waals surface area (Å²) in [5.74, 6) is -2.29. The zero-order chi connectivity index (χ0) is 19.2. The topological polar surface area (TPSA) is 146 Å². The number of aliphatic carboxylic acids is 1. The summed E-state index contributed by atoms with van der Waals surface area (Å²) in [5.41, 5.74) is 0.0743. The van der Waals surface area contributed by atoms with Crippen LogP contribution in [0.2, 0.25) is 0 Å². The van der Waals surface area contributed by atoms with Crippen LogP contribution in [-0.2, 0) is 19.0 Å². The molecule has 26 heavy (non-hydrogen) atoms. The van der Waals surface area contributed by atoms with Gasteiger partial charge in [0.15, 0.2) is 6.29 Å². The molecule has 3 aliphatic rings. The van der Waals surface area contributed by atoms with E-state index in [4.69, 9.17) is 14.2 Å². The Morgan fingerprint density at radius 3 is 2.50 bits per heavy atom. The first kappa shape index (κ1) is 19.5. The molecule has 0 spiro atoms. The van der Waals surface area contributed by atoms with Gasteiger partial charge >= 0.3 is 5.97 Å². The van der Waals surface area contributed by atoms with Crippen molar-refractivity contribution in [1.29, 1.82) is 0 Å². The van der Waals surface area contributed by atoms with Crippen molar-refractivity contribution in [2.24, 2.45) is 17.8 Å². The van der Waals surface area contributed by atoms with E-state index in [1.807, 2.05) is 0 Å². The lowest BCUT2D eigenvalue weighted by atomic mass is 9.83. The third-order valence-electron chi connectivity index (χ3n) is 5.80. The van der Waals surface area contributed by atoms with Crippen molar-refractivity contribution >= 4 is 5.97 Å². The zero-order valence-corrected chi connectivity index (χ0v) is 14.6. The number of fused-ring (bicyclic) bond motifs is 1. The number of aliphatic hydroxyl groups is 4. The lowest BCUT2D eigenvalue weighted by molar-refractivity contribution is -0.340. The number of ether oxygens (including phenoxy) is 3. The van der Waals surface area contributed by atoms with Gasteiger partial charge in [0, 0.05) is 11.8 Å². The van der Waals surface area contributed by atoms with Crippen LogP contribution >= 0.6 is 0 Å². The number of carbonyl (C=O) groups is 1. The first-order valence-corrected chi connectivity index (χ1v) is 8.88. The molecule has 148 valence electrons.